The van der Waals surface area contributed by atoms with Crippen molar-refractivity contribution in [3.63, 3.8) is 0 Å². The number of nitro benzene ring substituents is 1. The quantitative estimate of drug-likeness (QED) is 0.504. The van der Waals surface area contributed by atoms with Gasteiger partial charge in [0.05, 0.1) is 4.92 Å². The van der Waals surface area contributed by atoms with E-state index in [0.717, 1.165) is 16.6 Å². The first-order valence-electron chi connectivity index (χ1n) is 5.90. The van der Waals surface area contributed by atoms with E-state index in [-0.39, 0.29) is 11.4 Å². The van der Waals surface area contributed by atoms with Gasteiger partial charge in [-0.25, -0.2) is 0 Å². The molecule has 2 rings (SSSR count). The third-order valence-corrected chi connectivity index (χ3v) is 4.47. The second-order valence-electron chi connectivity index (χ2n) is 4.55. The molecule has 0 aliphatic rings. The molecule has 1 aromatic heterocycles. The minimum absolute atomic E-state index is 0.0326. The van der Waals surface area contributed by atoms with Gasteiger partial charge in [0.1, 0.15) is 5.69 Å². The topological polar surface area (TPSA) is 72.4 Å². The fraction of sp³-hybridized carbons (Fsp3) is 0.231. The highest BCUT2D eigenvalue weighted by Crippen LogP contribution is 2.24. The molecule has 0 bridgehead atoms. The number of anilines is 1. The fourth-order valence-corrected chi connectivity index (χ4v) is 3.45. The van der Waals surface area contributed by atoms with Crippen molar-refractivity contribution in [3.8, 4) is 0 Å². The third-order valence-electron chi connectivity index (χ3n) is 2.79. The van der Waals surface area contributed by atoms with Gasteiger partial charge in [0.2, 0.25) is 0 Å². The zero-order valence-corrected chi connectivity index (χ0v) is 13.3. The average Bonchev–Trinajstić information content (AvgIpc) is 2.76. The van der Waals surface area contributed by atoms with Crippen LogP contribution < -0.4 is 5.73 Å². The number of nitrogen functional groups attached to an aromatic ring is 1. The molecule has 0 amide bonds. The van der Waals surface area contributed by atoms with Gasteiger partial charge < -0.3 is 5.73 Å². The number of nitrogens with zero attached hydrogens (tertiary/aromatic N) is 2. The van der Waals surface area contributed by atoms with Crippen LogP contribution in [0.2, 0.25) is 0 Å². The maximum absolute atomic E-state index is 10.9. The van der Waals surface area contributed by atoms with E-state index in [4.69, 9.17) is 5.73 Å². The highest BCUT2D eigenvalue weighted by molar-refractivity contribution is 9.10. The Bertz CT molecular complexity index is 630. The number of nitro groups is 1. The molecule has 0 saturated carbocycles. The van der Waals surface area contributed by atoms with E-state index in [0.29, 0.717) is 6.54 Å². The van der Waals surface area contributed by atoms with Crippen molar-refractivity contribution < 1.29 is 4.92 Å². The molecule has 0 aliphatic carbocycles. The van der Waals surface area contributed by atoms with Crippen LogP contribution in [0.4, 0.5) is 11.4 Å². The predicted molar refractivity (Wildman–Crippen MR) is 84.7 cm³/mol. The Hall–Kier alpha value is -1.44. The van der Waals surface area contributed by atoms with Crippen LogP contribution in [0.15, 0.2) is 34.1 Å². The van der Waals surface area contributed by atoms with Crippen molar-refractivity contribution in [2.45, 2.75) is 13.1 Å². The first-order chi connectivity index (χ1) is 9.45. The monoisotopic (exact) mass is 355 g/mol. The summed E-state index contributed by atoms with van der Waals surface area (Å²) in [4.78, 5) is 13.8. The summed E-state index contributed by atoms with van der Waals surface area (Å²) in [6.45, 7) is 1.44. The van der Waals surface area contributed by atoms with E-state index in [2.05, 4.69) is 26.9 Å². The Labute approximate surface area is 129 Å². The van der Waals surface area contributed by atoms with Gasteiger partial charge >= 0.3 is 0 Å². The van der Waals surface area contributed by atoms with Crippen LogP contribution in [0.25, 0.3) is 0 Å². The molecule has 20 heavy (non-hydrogen) atoms. The molecule has 106 valence electrons. The van der Waals surface area contributed by atoms with Gasteiger partial charge in [0, 0.05) is 33.9 Å². The van der Waals surface area contributed by atoms with Gasteiger partial charge in [0.25, 0.3) is 5.69 Å². The van der Waals surface area contributed by atoms with E-state index < -0.39 is 4.92 Å². The molecule has 0 saturated heterocycles. The van der Waals surface area contributed by atoms with Gasteiger partial charge in [-0.2, -0.15) is 0 Å². The number of nitrogens with two attached hydrogens (primary N) is 1. The summed E-state index contributed by atoms with van der Waals surface area (Å²) in [6, 6.07) is 7.02. The molecule has 7 heteroatoms. The molecular formula is C13H14BrN3O2S. The van der Waals surface area contributed by atoms with Crippen molar-refractivity contribution in [1.29, 1.82) is 0 Å². The smallest absolute Gasteiger partial charge is 0.292 e. The molecule has 5 nitrogen and oxygen atoms in total. The lowest BCUT2D eigenvalue weighted by molar-refractivity contribution is -0.384. The summed E-state index contributed by atoms with van der Waals surface area (Å²) in [5, 5.41) is 12.9. The van der Waals surface area contributed by atoms with Gasteiger partial charge in [-0.15, -0.1) is 11.3 Å². The molecule has 2 N–H and O–H groups in total. The molecular weight excluding hydrogens is 342 g/mol. The van der Waals surface area contributed by atoms with Gasteiger partial charge in [-0.1, -0.05) is 6.07 Å². The third kappa shape index (κ3) is 3.78. The zero-order valence-electron chi connectivity index (χ0n) is 10.9. The van der Waals surface area contributed by atoms with Crippen LogP contribution in [0.5, 0.6) is 0 Å². The number of hydrogen-bond acceptors (Lipinski definition) is 5. The van der Waals surface area contributed by atoms with Gasteiger partial charge in [0.15, 0.2) is 0 Å². The molecule has 0 atom stereocenters. The largest absolute Gasteiger partial charge is 0.393 e. The molecule has 0 unspecified atom stereocenters. The second-order valence-corrected chi connectivity index (χ2v) is 6.47. The number of rotatable bonds is 5. The van der Waals surface area contributed by atoms with Gasteiger partial charge in [-0.3, -0.25) is 15.0 Å². The highest BCUT2D eigenvalue weighted by Gasteiger charge is 2.13. The Morgan fingerprint density at radius 1 is 1.40 bits per heavy atom. The number of thiophene rings is 1. The minimum atomic E-state index is -0.449. The summed E-state index contributed by atoms with van der Waals surface area (Å²) in [5.74, 6) is 0. The zero-order chi connectivity index (χ0) is 14.7. The highest BCUT2D eigenvalue weighted by atomic mass is 79.9. The second kappa shape index (κ2) is 6.34. The van der Waals surface area contributed by atoms with Crippen molar-refractivity contribution >= 4 is 38.6 Å². The Kier molecular flexibility index (Phi) is 4.74. The van der Waals surface area contributed by atoms with Gasteiger partial charge in [-0.05, 0) is 40.7 Å². The van der Waals surface area contributed by atoms with Crippen LogP contribution in [-0.2, 0) is 13.1 Å². The average molecular weight is 356 g/mol. The van der Waals surface area contributed by atoms with Crippen LogP contribution in [0.1, 0.15) is 10.4 Å². The normalized spacial score (nSPS) is 10.9. The molecule has 0 aliphatic heterocycles. The number of hydrogen-bond donors (Lipinski definition) is 1. The first kappa shape index (κ1) is 15.0. The summed E-state index contributed by atoms with van der Waals surface area (Å²) in [7, 11) is 1.98. The summed E-state index contributed by atoms with van der Waals surface area (Å²) in [5.41, 5.74) is 6.63. The van der Waals surface area contributed by atoms with Crippen molar-refractivity contribution in [2.24, 2.45) is 0 Å². The number of benzene rings is 1. The molecule has 1 aromatic carbocycles. The van der Waals surface area contributed by atoms with E-state index >= 15 is 0 Å². The van der Waals surface area contributed by atoms with E-state index in [1.807, 2.05) is 18.5 Å². The molecule has 0 fully saturated rings. The Morgan fingerprint density at radius 3 is 2.75 bits per heavy atom. The summed E-state index contributed by atoms with van der Waals surface area (Å²) in [6.07, 6.45) is 0. The van der Waals surface area contributed by atoms with Crippen molar-refractivity contribution in [3.05, 3.63) is 54.7 Å². The fourth-order valence-electron chi connectivity index (χ4n) is 1.92. The Morgan fingerprint density at radius 2 is 2.15 bits per heavy atom. The molecule has 1 heterocycles. The maximum atomic E-state index is 10.9. The molecule has 0 radical (unpaired) electrons. The van der Waals surface area contributed by atoms with Crippen LogP contribution >= 0.6 is 27.3 Å². The van der Waals surface area contributed by atoms with Crippen molar-refractivity contribution in [1.82, 2.24) is 4.90 Å². The SMILES string of the molecule is CN(Cc1ccc(N)c([N+](=O)[O-])c1)Cc1cc(Br)cs1. The predicted octanol–water partition coefficient (Wildman–Crippen LogP) is 3.63. The number of halogens is 1. The van der Waals surface area contributed by atoms with E-state index in [1.54, 1.807) is 17.4 Å². The first-order valence-corrected chi connectivity index (χ1v) is 7.57. The van der Waals surface area contributed by atoms with Crippen molar-refractivity contribution in [2.75, 3.05) is 12.8 Å². The standard InChI is InChI=1S/C13H14BrN3O2S/c1-16(7-11-5-10(14)8-20-11)6-9-2-3-12(15)13(4-9)17(18)19/h2-5,8H,6-7,15H2,1H3. The van der Waals surface area contributed by atoms with Crippen LogP contribution in [0.3, 0.4) is 0 Å². The lowest BCUT2D eigenvalue weighted by Crippen LogP contribution is -2.16. The van der Waals surface area contributed by atoms with Crippen LogP contribution in [-0.4, -0.2) is 16.9 Å². The van der Waals surface area contributed by atoms with E-state index in [9.17, 15) is 10.1 Å². The van der Waals surface area contributed by atoms with Crippen LogP contribution in [0, 0.1) is 10.1 Å². The lowest BCUT2D eigenvalue weighted by Gasteiger charge is -2.15. The summed E-state index contributed by atoms with van der Waals surface area (Å²) < 4.78 is 1.08. The Balaban J connectivity index is 2.06. The molecule has 0 spiro atoms. The lowest BCUT2D eigenvalue weighted by atomic mass is 10.1. The van der Waals surface area contributed by atoms with E-state index in [1.165, 1.54) is 10.9 Å². The summed E-state index contributed by atoms with van der Waals surface area (Å²) >= 11 is 5.11. The minimum Gasteiger partial charge on any atom is -0.393 e. The molecule has 2 aromatic rings. The maximum Gasteiger partial charge on any atom is 0.292 e.